The number of pyridine rings is 2. The van der Waals surface area contributed by atoms with Crippen LogP contribution >= 0.6 is 11.8 Å². The van der Waals surface area contributed by atoms with Gasteiger partial charge in [-0.1, -0.05) is 35.5 Å². The van der Waals surface area contributed by atoms with Crippen molar-refractivity contribution in [2.24, 2.45) is 5.16 Å². The average molecular weight is 401 g/mol. The third-order valence-electron chi connectivity index (χ3n) is 4.16. The lowest BCUT2D eigenvalue weighted by atomic mass is 10.0. The number of amidine groups is 1. The van der Waals surface area contributed by atoms with Crippen LogP contribution in [0.25, 0.3) is 11.1 Å². The molecule has 0 spiro atoms. The van der Waals surface area contributed by atoms with Crippen LogP contribution in [-0.2, 0) is 10.6 Å². The fraction of sp³-hybridized carbons (Fsp3) is 0.0476. The van der Waals surface area contributed by atoms with Crippen LogP contribution < -0.4 is 10.9 Å². The van der Waals surface area contributed by atoms with Crippen molar-refractivity contribution in [3.8, 4) is 17.2 Å². The summed E-state index contributed by atoms with van der Waals surface area (Å²) in [6.45, 7) is 3.65. The highest BCUT2D eigenvalue weighted by Gasteiger charge is 2.15. The number of hydrogen-bond acceptors (Lipinski definition) is 7. The highest BCUT2D eigenvalue weighted by Crippen LogP contribution is 2.30. The van der Waals surface area contributed by atoms with E-state index in [1.54, 1.807) is 12.4 Å². The molecule has 0 saturated heterocycles. The lowest BCUT2D eigenvalue weighted by molar-refractivity contribution is 0.240. The molecular formula is C21H15N5O2S. The van der Waals surface area contributed by atoms with Gasteiger partial charge in [-0.15, -0.1) is 11.8 Å². The van der Waals surface area contributed by atoms with Crippen LogP contribution in [0.5, 0.6) is 0 Å². The van der Waals surface area contributed by atoms with Crippen LogP contribution in [-0.4, -0.2) is 15.8 Å². The summed E-state index contributed by atoms with van der Waals surface area (Å²) in [6, 6.07) is 15.0. The molecule has 0 saturated carbocycles. The van der Waals surface area contributed by atoms with E-state index in [-0.39, 0.29) is 5.56 Å². The lowest BCUT2D eigenvalue weighted by Crippen LogP contribution is -2.17. The van der Waals surface area contributed by atoms with E-state index in [4.69, 9.17) is 4.84 Å². The van der Waals surface area contributed by atoms with Crippen molar-refractivity contribution in [3.63, 3.8) is 0 Å². The Bertz CT molecular complexity index is 1210. The van der Waals surface area contributed by atoms with E-state index in [1.165, 1.54) is 17.8 Å². The molecule has 0 radical (unpaired) electrons. The molecule has 142 valence electrons. The van der Waals surface area contributed by atoms with Gasteiger partial charge in [0.25, 0.3) is 0 Å². The monoisotopic (exact) mass is 401 g/mol. The molecule has 1 aromatic carbocycles. The van der Waals surface area contributed by atoms with E-state index in [0.29, 0.717) is 33.6 Å². The van der Waals surface area contributed by atoms with Crippen LogP contribution in [0.2, 0.25) is 0 Å². The third-order valence-corrected chi connectivity index (χ3v) is 5.23. The minimum Gasteiger partial charge on any atom is -0.337 e. The predicted octanol–water partition coefficient (Wildman–Crippen LogP) is 3.35. The van der Waals surface area contributed by atoms with Crippen molar-refractivity contribution in [1.29, 1.82) is 5.26 Å². The summed E-state index contributed by atoms with van der Waals surface area (Å²) < 4.78 is 0. The quantitative estimate of drug-likeness (QED) is 0.636. The van der Waals surface area contributed by atoms with Gasteiger partial charge >= 0.3 is 0 Å². The number of aromatic amines is 1. The molecule has 7 nitrogen and oxygen atoms in total. The molecule has 2 aromatic heterocycles. The van der Waals surface area contributed by atoms with Crippen molar-refractivity contribution in [2.75, 3.05) is 0 Å². The zero-order valence-corrected chi connectivity index (χ0v) is 16.0. The number of aromatic nitrogens is 2. The molecule has 1 aliphatic heterocycles. The van der Waals surface area contributed by atoms with Gasteiger partial charge in [0.15, 0.2) is 5.84 Å². The standard InChI is InChI=1S/C21H15N5O2S/c1-13-24-20(26-28-13)16-7-14(10-23-11-16)12-29-21-18(9-22)17(8-19(27)25-21)15-5-3-2-4-6-15/h2-8,10-11H,1,12H2,(H,24,26)(H,25,27). The van der Waals surface area contributed by atoms with E-state index in [0.717, 1.165) is 16.7 Å². The minimum absolute atomic E-state index is 0.252. The number of rotatable bonds is 5. The van der Waals surface area contributed by atoms with Crippen molar-refractivity contribution in [1.82, 2.24) is 15.3 Å². The molecule has 2 N–H and O–H groups in total. The predicted molar refractivity (Wildman–Crippen MR) is 111 cm³/mol. The SMILES string of the molecule is C=C1NC(c2cncc(CSc3[nH]c(=O)cc(-c4ccccc4)c3C#N)c2)=NO1. The summed E-state index contributed by atoms with van der Waals surface area (Å²) in [4.78, 5) is 24.2. The molecule has 0 bridgehead atoms. The number of nitrogens with one attached hydrogen (secondary N) is 2. The summed E-state index contributed by atoms with van der Waals surface area (Å²) in [5.41, 5.74) is 3.30. The average Bonchev–Trinajstić information content (AvgIpc) is 3.19. The maximum absolute atomic E-state index is 12.2. The van der Waals surface area contributed by atoms with E-state index < -0.39 is 0 Å². The second-order valence-electron chi connectivity index (χ2n) is 6.18. The number of H-pyrrole nitrogens is 1. The van der Waals surface area contributed by atoms with Gasteiger partial charge in [-0.25, -0.2) is 0 Å². The lowest BCUT2D eigenvalue weighted by Gasteiger charge is -2.09. The molecule has 3 heterocycles. The van der Waals surface area contributed by atoms with Crippen LogP contribution in [0.4, 0.5) is 0 Å². The molecule has 0 fully saturated rings. The highest BCUT2D eigenvalue weighted by atomic mass is 32.2. The first kappa shape index (κ1) is 18.5. The van der Waals surface area contributed by atoms with Gasteiger partial charge in [-0.2, -0.15) is 5.26 Å². The van der Waals surface area contributed by atoms with Crippen molar-refractivity contribution in [2.45, 2.75) is 10.8 Å². The van der Waals surface area contributed by atoms with Crippen LogP contribution in [0.15, 0.2) is 82.3 Å². The zero-order chi connectivity index (χ0) is 20.2. The minimum atomic E-state index is -0.252. The number of hydrogen-bond donors (Lipinski definition) is 2. The van der Waals surface area contributed by atoms with Crippen molar-refractivity contribution in [3.05, 3.63) is 94.4 Å². The van der Waals surface area contributed by atoms with Crippen LogP contribution in [0.1, 0.15) is 16.7 Å². The largest absolute Gasteiger partial charge is 0.337 e. The molecular weight excluding hydrogens is 386 g/mol. The fourth-order valence-electron chi connectivity index (χ4n) is 2.86. The maximum Gasteiger partial charge on any atom is 0.249 e. The van der Waals surface area contributed by atoms with Gasteiger partial charge in [0, 0.05) is 35.3 Å². The molecule has 1 aliphatic rings. The Morgan fingerprint density at radius 2 is 2.00 bits per heavy atom. The maximum atomic E-state index is 12.2. The van der Waals surface area contributed by atoms with Crippen molar-refractivity contribution < 1.29 is 4.84 Å². The second-order valence-corrected chi connectivity index (χ2v) is 7.16. The molecule has 0 atom stereocenters. The second kappa shape index (κ2) is 8.04. The molecule has 0 amide bonds. The number of oxime groups is 1. The number of nitriles is 1. The topological polar surface area (TPSA) is 103 Å². The number of thioether (sulfide) groups is 1. The molecule has 8 heteroatoms. The summed E-state index contributed by atoms with van der Waals surface area (Å²) in [6.07, 6.45) is 3.40. The summed E-state index contributed by atoms with van der Waals surface area (Å²) in [5.74, 6) is 1.40. The number of nitrogens with zero attached hydrogens (tertiary/aromatic N) is 3. The van der Waals surface area contributed by atoms with Gasteiger partial charge in [0.05, 0.1) is 10.6 Å². The normalized spacial score (nSPS) is 12.7. The molecule has 0 aliphatic carbocycles. The van der Waals surface area contributed by atoms with Gasteiger partial charge in [0.2, 0.25) is 11.4 Å². The summed E-state index contributed by atoms with van der Waals surface area (Å²) >= 11 is 1.37. The van der Waals surface area contributed by atoms with E-state index >= 15 is 0 Å². The molecule has 3 aromatic rings. The fourth-order valence-corrected chi connectivity index (χ4v) is 3.80. The number of benzene rings is 1. The molecule has 4 rings (SSSR count). The van der Waals surface area contributed by atoms with Gasteiger partial charge in [0.1, 0.15) is 6.07 Å². The summed E-state index contributed by atoms with van der Waals surface area (Å²) in [7, 11) is 0. The Balaban J connectivity index is 1.61. The van der Waals surface area contributed by atoms with E-state index in [2.05, 4.69) is 33.1 Å². The Morgan fingerprint density at radius 1 is 1.17 bits per heavy atom. The first-order valence-corrected chi connectivity index (χ1v) is 9.63. The van der Waals surface area contributed by atoms with E-state index in [1.807, 2.05) is 36.4 Å². The van der Waals surface area contributed by atoms with Crippen LogP contribution in [0, 0.1) is 11.3 Å². The molecule has 0 unspecified atom stereocenters. The van der Waals surface area contributed by atoms with Crippen molar-refractivity contribution >= 4 is 17.6 Å². The third kappa shape index (κ3) is 4.05. The van der Waals surface area contributed by atoms with E-state index in [9.17, 15) is 10.1 Å². The Morgan fingerprint density at radius 3 is 2.72 bits per heavy atom. The van der Waals surface area contributed by atoms with Gasteiger partial charge in [-0.05, 0) is 23.8 Å². The Kier molecular flexibility index (Phi) is 5.14. The summed E-state index contributed by atoms with van der Waals surface area (Å²) in [5, 5.41) is 17.1. The zero-order valence-electron chi connectivity index (χ0n) is 15.2. The van der Waals surface area contributed by atoms with Crippen LogP contribution in [0.3, 0.4) is 0 Å². The Labute approximate surface area is 170 Å². The Hall–Kier alpha value is -3.83. The smallest absolute Gasteiger partial charge is 0.249 e. The highest BCUT2D eigenvalue weighted by molar-refractivity contribution is 7.98. The molecule has 29 heavy (non-hydrogen) atoms. The van der Waals surface area contributed by atoms with Gasteiger partial charge < -0.3 is 15.1 Å². The first-order chi connectivity index (χ1) is 14.1. The first-order valence-electron chi connectivity index (χ1n) is 8.65. The van der Waals surface area contributed by atoms with Gasteiger partial charge in [-0.3, -0.25) is 9.78 Å².